The number of aromatic nitrogens is 1. The Morgan fingerprint density at radius 2 is 1.96 bits per heavy atom. The molecule has 0 saturated heterocycles. The molecule has 2 aromatic rings. The van der Waals surface area contributed by atoms with E-state index in [1.807, 2.05) is 6.92 Å². The van der Waals surface area contributed by atoms with Gasteiger partial charge in [0.1, 0.15) is 4.90 Å². The minimum atomic E-state index is -2.25. The molecule has 0 amide bonds. The molecular weight excluding hydrogens is 441 g/mol. The molecule has 1 atom stereocenters. The lowest BCUT2D eigenvalue weighted by molar-refractivity contribution is 0.298. The van der Waals surface area contributed by atoms with Gasteiger partial charge in [-0.15, -0.1) is 0 Å². The number of halogens is 3. The van der Waals surface area contributed by atoms with Gasteiger partial charge in [0.05, 0.1) is 22.8 Å². The molecule has 130 valence electrons. The molecule has 1 heterocycles. The first-order valence-electron chi connectivity index (χ1n) is 6.98. The molecule has 0 radical (unpaired) electrons. The highest BCUT2D eigenvalue weighted by Crippen LogP contribution is 2.39. The Morgan fingerprint density at radius 1 is 1.29 bits per heavy atom. The SMILES string of the molecule is CCCCOc1cnc(Oc2c(Cl)cc(Br)cc2Cl)cc1S(=O)O. The number of ether oxygens (including phenoxy) is 2. The lowest BCUT2D eigenvalue weighted by Crippen LogP contribution is -2.02. The number of hydrogen-bond donors (Lipinski definition) is 1. The first-order chi connectivity index (χ1) is 11.4. The first-order valence-corrected chi connectivity index (χ1v) is 9.64. The van der Waals surface area contributed by atoms with E-state index < -0.39 is 11.1 Å². The fourth-order valence-corrected chi connectivity index (χ4v) is 3.54. The topological polar surface area (TPSA) is 68.7 Å². The quantitative estimate of drug-likeness (QED) is 0.429. The molecule has 0 aliphatic rings. The van der Waals surface area contributed by atoms with Crippen molar-refractivity contribution in [2.45, 2.75) is 24.7 Å². The zero-order valence-electron chi connectivity index (χ0n) is 12.6. The second-order valence-electron chi connectivity index (χ2n) is 4.72. The molecular formula is C15H14BrCl2NO4S. The number of benzene rings is 1. The van der Waals surface area contributed by atoms with Crippen molar-refractivity contribution in [2.75, 3.05) is 6.61 Å². The van der Waals surface area contributed by atoms with E-state index in [0.717, 1.165) is 12.8 Å². The Kier molecular flexibility index (Phi) is 7.31. The third-order valence-electron chi connectivity index (χ3n) is 2.92. The summed E-state index contributed by atoms with van der Waals surface area (Å²) in [6, 6.07) is 4.57. The fourth-order valence-electron chi connectivity index (χ4n) is 1.76. The van der Waals surface area contributed by atoms with E-state index in [-0.39, 0.29) is 32.3 Å². The maximum Gasteiger partial charge on any atom is 0.220 e. The van der Waals surface area contributed by atoms with Crippen LogP contribution in [0.3, 0.4) is 0 Å². The van der Waals surface area contributed by atoms with Crippen LogP contribution < -0.4 is 9.47 Å². The van der Waals surface area contributed by atoms with Crippen LogP contribution in [0, 0.1) is 0 Å². The van der Waals surface area contributed by atoms with Crippen molar-refractivity contribution in [3.8, 4) is 17.4 Å². The minimum absolute atomic E-state index is 0.0699. The summed E-state index contributed by atoms with van der Waals surface area (Å²) in [4.78, 5) is 4.15. The number of pyridine rings is 1. The number of hydrogen-bond acceptors (Lipinski definition) is 4. The zero-order valence-corrected chi connectivity index (χ0v) is 16.5. The van der Waals surface area contributed by atoms with Crippen molar-refractivity contribution in [1.29, 1.82) is 0 Å². The molecule has 0 saturated carbocycles. The Morgan fingerprint density at radius 3 is 2.54 bits per heavy atom. The Balaban J connectivity index is 2.29. The molecule has 0 fully saturated rings. The average molecular weight is 455 g/mol. The van der Waals surface area contributed by atoms with Gasteiger partial charge in [0.15, 0.2) is 22.6 Å². The number of rotatable bonds is 7. The standard InChI is InChI=1S/C15H14BrCl2NO4S/c1-2-3-4-22-12-8-19-14(7-13(12)24(20)21)23-15-10(17)5-9(16)6-11(15)18/h5-8H,2-4H2,1H3,(H,20,21). The van der Waals surface area contributed by atoms with Crippen molar-refractivity contribution < 1.29 is 18.2 Å². The smallest absolute Gasteiger partial charge is 0.220 e. The summed E-state index contributed by atoms with van der Waals surface area (Å²) >= 11 is 13.2. The van der Waals surface area contributed by atoms with Gasteiger partial charge in [0.25, 0.3) is 0 Å². The summed E-state index contributed by atoms with van der Waals surface area (Å²) in [6.07, 6.45) is 3.13. The van der Waals surface area contributed by atoms with Gasteiger partial charge >= 0.3 is 0 Å². The van der Waals surface area contributed by atoms with Gasteiger partial charge in [-0.1, -0.05) is 52.5 Å². The van der Waals surface area contributed by atoms with Crippen LogP contribution in [0.25, 0.3) is 0 Å². The first kappa shape index (κ1) is 19.5. The highest BCUT2D eigenvalue weighted by atomic mass is 79.9. The van der Waals surface area contributed by atoms with E-state index in [4.69, 9.17) is 32.7 Å². The molecule has 0 spiro atoms. The molecule has 9 heteroatoms. The van der Waals surface area contributed by atoms with E-state index in [0.29, 0.717) is 11.1 Å². The predicted octanol–water partition coefficient (Wildman–Crippen LogP) is 5.70. The highest BCUT2D eigenvalue weighted by molar-refractivity contribution is 9.10. The second-order valence-corrected chi connectivity index (χ2v) is 7.39. The molecule has 1 unspecified atom stereocenters. The van der Waals surface area contributed by atoms with Crippen molar-refractivity contribution in [3.05, 3.63) is 38.9 Å². The van der Waals surface area contributed by atoms with Crippen LogP contribution in [0.2, 0.25) is 10.0 Å². The summed E-state index contributed by atoms with van der Waals surface area (Å²) in [7, 11) is 0. The van der Waals surface area contributed by atoms with Crippen molar-refractivity contribution >= 4 is 50.2 Å². The molecule has 0 aliphatic heterocycles. The van der Waals surface area contributed by atoms with E-state index in [9.17, 15) is 8.76 Å². The number of nitrogens with zero attached hydrogens (tertiary/aromatic N) is 1. The van der Waals surface area contributed by atoms with Crippen LogP contribution in [0.5, 0.6) is 17.4 Å². The largest absolute Gasteiger partial charge is 0.491 e. The van der Waals surface area contributed by atoms with Gasteiger partial charge in [0.2, 0.25) is 5.88 Å². The molecule has 1 N–H and O–H groups in total. The Hall–Kier alpha value is -0.860. The van der Waals surface area contributed by atoms with E-state index >= 15 is 0 Å². The van der Waals surface area contributed by atoms with Crippen LogP contribution in [0.1, 0.15) is 19.8 Å². The summed E-state index contributed by atoms with van der Waals surface area (Å²) in [5.74, 6) is 0.536. The van der Waals surface area contributed by atoms with Crippen LogP contribution in [0.15, 0.2) is 33.8 Å². The minimum Gasteiger partial charge on any atom is -0.491 e. The second kappa shape index (κ2) is 9.01. The van der Waals surface area contributed by atoms with Crippen molar-refractivity contribution in [2.24, 2.45) is 0 Å². The van der Waals surface area contributed by atoms with Gasteiger partial charge in [-0.2, -0.15) is 0 Å². The monoisotopic (exact) mass is 453 g/mol. The molecule has 0 aliphatic carbocycles. The summed E-state index contributed by atoms with van der Waals surface area (Å²) in [5, 5.41) is 0.567. The van der Waals surface area contributed by atoms with Crippen LogP contribution >= 0.6 is 39.1 Å². The predicted molar refractivity (Wildman–Crippen MR) is 97.9 cm³/mol. The highest BCUT2D eigenvalue weighted by Gasteiger charge is 2.16. The van der Waals surface area contributed by atoms with E-state index in [1.54, 1.807) is 12.1 Å². The molecule has 24 heavy (non-hydrogen) atoms. The molecule has 5 nitrogen and oxygen atoms in total. The normalized spacial score (nSPS) is 12.0. The molecule has 1 aromatic carbocycles. The van der Waals surface area contributed by atoms with Gasteiger partial charge in [-0.25, -0.2) is 9.19 Å². The number of unbranched alkanes of at least 4 members (excludes halogenated alkanes) is 1. The van der Waals surface area contributed by atoms with E-state index in [2.05, 4.69) is 20.9 Å². The Labute approximate surface area is 160 Å². The summed E-state index contributed by atoms with van der Waals surface area (Å²) < 4.78 is 32.7. The van der Waals surface area contributed by atoms with Gasteiger partial charge in [-0.05, 0) is 18.6 Å². The van der Waals surface area contributed by atoms with Crippen LogP contribution in [-0.2, 0) is 11.1 Å². The van der Waals surface area contributed by atoms with Gasteiger partial charge < -0.3 is 14.0 Å². The van der Waals surface area contributed by atoms with Crippen molar-refractivity contribution in [3.63, 3.8) is 0 Å². The lowest BCUT2D eigenvalue weighted by Gasteiger charge is -2.12. The van der Waals surface area contributed by atoms with Crippen LogP contribution in [-0.4, -0.2) is 20.4 Å². The van der Waals surface area contributed by atoms with Crippen LogP contribution in [0.4, 0.5) is 0 Å². The van der Waals surface area contributed by atoms with Crippen molar-refractivity contribution in [1.82, 2.24) is 4.98 Å². The van der Waals surface area contributed by atoms with Gasteiger partial charge in [-0.3, -0.25) is 0 Å². The summed E-state index contributed by atoms with van der Waals surface area (Å²) in [6.45, 7) is 2.46. The summed E-state index contributed by atoms with van der Waals surface area (Å²) in [5.41, 5.74) is 0. The third-order valence-corrected chi connectivity index (χ3v) is 4.63. The Bertz CT molecular complexity index is 737. The molecule has 1 aromatic heterocycles. The van der Waals surface area contributed by atoms with Gasteiger partial charge in [0, 0.05) is 10.5 Å². The fraction of sp³-hybridized carbons (Fsp3) is 0.267. The zero-order chi connectivity index (χ0) is 17.7. The van der Waals surface area contributed by atoms with E-state index in [1.165, 1.54) is 12.3 Å². The molecule has 0 bridgehead atoms. The lowest BCUT2D eigenvalue weighted by atomic mass is 10.3. The maximum absolute atomic E-state index is 11.5. The average Bonchev–Trinajstić information content (AvgIpc) is 2.51. The maximum atomic E-state index is 11.5. The third kappa shape index (κ3) is 5.07. The molecule has 2 rings (SSSR count).